The highest BCUT2D eigenvalue weighted by Crippen LogP contribution is 2.31. The summed E-state index contributed by atoms with van der Waals surface area (Å²) in [5, 5.41) is 4.03. The largest absolute Gasteiger partial charge is 0.339 e. The molecule has 3 heterocycles. The summed E-state index contributed by atoms with van der Waals surface area (Å²) in [6, 6.07) is 5.10. The SMILES string of the molecule is CCc1nc([C@H]2CCCN2C(=O)c2ccc3c(c2)[nH]c(=O)n3C)no1. The molecule has 1 fully saturated rings. The summed E-state index contributed by atoms with van der Waals surface area (Å²) in [6.07, 6.45) is 2.39. The smallest absolute Gasteiger partial charge is 0.326 e. The third-order valence-electron chi connectivity index (χ3n) is 4.75. The Bertz CT molecular complexity index is 999. The number of aromatic nitrogens is 4. The molecule has 130 valence electrons. The van der Waals surface area contributed by atoms with Crippen molar-refractivity contribution in [1.82, 2.24) is 24.6 Å². The number of likely N-dealkylation sites (tertiary alicyclic amines) is 1. The van der Waals surface area contributed by atoms with Crippen molar-refractivity contribution in [3.63, 3.8) is 0 Å². The predicted molar refractivity (Wildman–Crippen MR) is 90.2 cm³/mol. The molecule has 0 bridgehead atoms. The second-order valence-electron chi connectivity index (χ2n) is 6.28. The maximum absolute atomic E-state index is 13.0. The molecule has 1 aliphatic heterocycles. The van der Waals surface area contributed by atoms with Gasteiger partial charge in [0.1, 0.15) is 0 Å². The Labute approximate surface area is 143 Å². The lowest BCUT2D eigenvalue weighted by molar-refractivity contribution is 0.0728. The normalized spacial score (nSPS) is 17.5. The van der Waals surface area contributed by atoms with Crippen LogP contribution in [-0.4, -0.2) is 37.0 Å². The van der Waals surface area contributed by atoms with Gasteiger partial charge in [-0.1, -0.05) is 12.1 Å². The van der Waals surface area contributed by atoms with Crippen LogP contribution in [0.1, 0.15) is 47.9 Å². The highest BCUT2D eigenvalue weighted by molar-refractivity contribution is 5.97. The first-order valence-electron chi connectivity index (χ1n) is 8.40. The van der Waals surface area contributed by atoms with Gasteiger partial charge in [-0.2, -0.15) is 4.98 Å². The van der Waals surface area contributed by atoms with E-state index in [0.717, 1.165) is 18.4 Å². The fourth-order valence-electron chi connectivity index (χ4n) is 3.36. The monoisotopic (exact) mass is 341 g/mol. The molecular weight excluding hydrogens is 322 g/mol. The third kappa shape index (κ3) is 2.54. The summed E-state index contributed by atoms with van der Waals surface area (Å²) in [4.78, 5) is 33.6. The quantitative estimate of drug-likeness (QED) is 0.783. The summed E-state index contributed by atoms with van der Waals surface area (Å²) >= 11 is 0. The minimum absolute atomic E-state index is 0.0862. The van der Waals surface area contributed by atoms with Gasteiger partial charge in [-0.3, -0.25) is 9.36 Å². The average molecular weight is 341 g/mol. The summed E-state index contributed by atoms with van der Waals surface area (Å²) in [7, 11) is 1.70. The van der Waals surface area contributed by atoms with Gasteiger partial charge in [0.05, 0.1) is 17.1 Å². The summed E-state index contributed by atoms with van der Waals surface area (Å²) in [5.41, 5.74) is 1.77. The van der Waals surface area contributed by atoms with Gasteiger partial charge in [0.15, 0.2) is 5.82 Å². The predicted octanol–water partition coefficient (Wildman–Crippen LogP) is 1.79. The molecule has 4 rings (SSSR count). The molecule has 1 aliphatic rings. The third-order valence-corrected chi connectivity index (χ3v) is 4.75. The minimum atomic E-state index is -0.197. The van der Waals surface area contributed by atoms with E-state index >= 15 is 0 Å². The Morgan fingerprint density at radius 3 is 3.04 bits per heavy atom. The molecule has 1 N–H and O–H groups in total. The molecule has 1 atom stereocenters. The molecular formula is C17H19N5O3. The van der Waals surface area contributed by atoms with E-state index in [9.17, 15) is 9.59 Å². The van der Waals surface area contributed by atoms with Gasteiger partial charge in [0.2, 0.25) is 5.89 Å². The van der Waals surface area contributed by atoms with Crippen LogP contribution < -0.4 is 5.69 Å². The molecule has 0 saturated carbocycles. The van der Waals surface area contributed by atoms with Crippen molar-refractivity contribution >= 4 is 16.9 Å². The number of aryl methyl sites for hydroxylation is 2. The van der Waals surface area contributed by atoms with Crippen molar-refractivity contribution in [1.29, 1.82) is 0 Å². The molecule has 0 unspecified atom stereocenters. The number of nitrogens with zero attached hydrogens (tertiary/aromatic N) is 4. The zero-order valence-electron chi connectivity index (χ0n) is 14.2. The van der Waals surface area contributed by atoms with Crippen LogP contribution in [0.15, 0.2) is 27.5 Å². The van der Waals surface area contributed by atoms with E-state index in [1.807, 2.05) is 6.92 Å². The van der Waals surface area contributed by atoms with E-state index < -0.39 is 0 Å². The van der Waals surface area contributed by atoms with Crippen LogP contribution in [0.4, 0.5) is 0 Å². The van der Waals surface area contributed by atoms with Crippen LogP contribution in [0.25, 0.3) is 11.0 Å². The number of hydrogen-bond acceptors (Lipinski definition) is 5. The number of H-pyrrole nitrogens is 1. The number of hydrogen-bond donors (Lipinski definition) is 1. The van der Waals surface area contributed by atoms with Crippen LogP contribution in [0, 0.1) is 0 Å². The fraction of sp³-hybridized carbons (Fsp3) is 0.412. The van der Waals surface area contributed by atoms with E-state index in [1.54, 1.807) is 30.1 Å². The van der Waals surface area contributed by atoms with Crippen molar-refractivity contribution < 1.29 is 9.32 Å². The molecule has 25 heavy (non-hydrogen) atoms. The van der Waals surface area contributed by atoms with Gasteiger partial charge in [-0.05, 0) is 31.0 Å². The minimum Gasteiger partial charge on any atom is -0.339 e. The molecule has 1 aromatic carbocycles. The molecule has 8 nitrogen and oxygen atoms in total. The van der Waals surface area contributed by atoms with E-state index in [2.05, 4.69) is 15.1 Å². The first kappa shape index (κ1) is 15.6. The van der Waals surface area contributed by atoms with E-state index in [0.29, 0.717) is 35.8 Å². The zero-order valence-corrected chi connectivity index (χ0v) is 14.2. The second kappa shape index (κ2) is 5.87. The lowest BCUT2D eigenvalue weighted by Crippen LogP contribution is -2.31. The summed E-state index contributed by atoms with van der Waals surface area (Å²) in [5.74, 6) is 1.06. The maximum Gasteiger partial charge on any atom is 0.326 e. The van der Waals surface area contributed by atoms with Crippen molar-refractivity contribution in [3.8, 4) is 0 Å². The number of carbonyl (C=O) groups is 1. The van der Waals surface area contributed by atoms with E-state index in [4.69, 9.17) is 4.52 Å². The topological polar surface area (TPSA) is 97.0 Å². The van der Waals surface area contributed by atoms with E-state index in [-0.39, 0.29) is 17.6 Å². The molecule has 1 saturated heterocycles. The van der Waals surface area contributed by atoms with Crippen LogP contribution >= 0.6 is 0 Å². The standard InChI is InChI=1S/C17H19N5O3/c1-3-14-19-15(20-25-14)13-5-4-8-22(13)16(23)10-6-7-12-11(9-10)18-17(24)21(12)2/h6-7,9,13H,3-5,8H2,1-2H3,(H,18,24)/t13-/m1/s1. The maximum atomic E-state index is 13.0. The summed E-state index contributed by atoms with van der Waals surface area (Å²) in [6.45, 7) is 2.60. The lowest BCUT2D eigenvalue weighted by atomic mass is 10.1. The van der Waals surface area contributed by atoms with Crippen molar-refractivity contribution in [2.45, 2.75) is 32.2 Å². The second-order valence-corrected chi connectivity index (χ2v) is 6.28. The van der Waals surface area contributed by atoms with Gasteiger partial charge < -0.3 is 14.4 Å². The Kier molecular flexibility index (Phi) is 3.67. The molecule has 2 aromatic heterocycles. The number of benzene rings is 1. The number of nitrogens with one attached hydrogen (secondary N) is 1. The van der Waals surface area contributed by atoms with Gasteiger partial charge in [0, 0.05) is 25.6 Å². The lowest BCUT2D eigenvalue weighted by Gasteiger charge is -2.22. The van der Waals surface area contributed by atoms with Crippen LogP contribution in [-0.2, 0) is 13.5 Å². The number of rotatable bonds is 3. The number of carbonyl (C=O) groups excluding carboxylic acids is 1. The average Bonchev–Trinajstić information content (AvgIpc) is 3.33. The van der Waals surface area contributed by atoms with Crippen LogP contribution in [0.3, 0.4) is 0 Å². The van der Waals surface area contributed by atoms with Gasteiger partial charge in [0.25, 0.3) is 5.91 Å². The van der Waals surface area contributed by atoms with Crippen LogP contribution in [0.5, 0.6) is 0 Å². The number of amides is 1. The zero-order chi connectivity index (χ0) is 17.6. The van der Waals surface area contributed by atoms with Gasteiger partial charge >= 0.3 is 5.69 Å². The van der Waals surface area contributed by atoms with Crippen LogP contribution in [0.2, 0.25) is 0 Å². The van der Waals surface area contributed by atoms with Gasteiger partial charge in [-0.15, -0.1) is 0 Å². The first-order chi connectivity index (χ1) is 12.1. The van der Waals surface area contributed by atoms with E-state index in [1.165, 1.54) is 4.57 Å². The van der Waals surface area contributed by atoms with Crippen molar-refractivity contribution in [2.75, 3.05) is 6.54 Å². The van der Waals surface area contributed by atoms with Gasteiger partial charge in [-0.25, -0.2) is 4.79 Å². The first-order valence-corrected chi connectivity index (χ1v) is 8.40. The summed E-state index contributed by atoms with van der Waals surface area (Å²) < 4.78 is 6.71. The Morgan fingerprint density at radius 2 is 2.28 bits per heavy atom. The Morgan fingerprint density at radius 1 is 1.44 bits per heavy atom. The Hall–Kier alpha value is -2.90. The van der Waals surface area contributed by atoms with Crippen molar-refractivity contribution in [3.05, 3.63) is 46.0 Å². The molecule has 1 amide bonds. The molecule has 0 radical (unpaired) electrons. The number of fused-ring (bicyclic) bond motifs is 1. The van der Waals surface area contributed by atoms with Crippen molar-refractivity contribution in [2.24, 2.45) is 7.05 Å². The fourth-order valence-corrected chi connectivity index (χ4v) is 3.36. The highest BCUT2D eigenvalue weighted by Gasteiger charge is 2.34. The molecule has 0 aliphatic carbocycles. The highest BCUT2D eigenvalue weighted by atomic mass is 16.5. The molecule has 0 spiro atoms. The number of imidazole rings is 1. The molecule has 8 heteroatoms. The Balaban J connectivity index is 1.66. The number of aromatic amines is 1. The molecule has 3 aromatic rings.